The number of aryl methyl sites for hydroxylation is 1. The number of hydrogen-bond donors (Lipinski definition) is 1. The predicted molar refractivity (Wildman–Crippen MR) is 80.1 cm³/mol. The second-order valence-corrected chi connectivity index (χ2v) is 4.63. The number of carboxylic acid groups (broad SMARTS) is 1. The number of carboxylic acids is 1. The normalized spacial score (nSPS) is 10.6. The summed E-state index contributed by atoms with van der Waals surface area (Å²) >= 11 is 0. The second-order valence-electron chi connectivity index (χ2n) is 4.63. The minimum absolute atomic E-state index is 0. The summed E-state index contributed by atoms with van der Waals surface area (Å²) in [4.78, 5) is 21.6. The van der Waals surface area contributed by atoms with Gasteiger partial charge in [0.15, 0.2) is 0 Å². The van der Waals surface area contributed by atoms with Gasteiger partial charge < -0.3 is 5.11 Å². The van der Waals surface area contributed by atoms with Crippen LogP contribution in [0.4, 0.5) is 0 Å². The van der Waals surface area contributed by atoms with Crippen LogP contribution in [0.1, 0.15) is 17.8 Å². The number of rotatable bonds is 5. The van der Waals surface area contributed by atoms with Crippen molar-refractivity contribution in [3.8, 4) is 0 Å². The summed E-state index contributed by atoms with van der Waals surface area (Å²) in [6, 6.07) is 7.75. The largest absolute Gasteiger partial charge is 0.481 e. The number of para-hydroxylation sites is 2. The Hall–Kier alpha value is -1.72. The maximum absolute atomic E-state index is 10.5. The van der Waals surface area contributed by atoms with Crippen molar-refractivity contribution in [2.75, 3.05) is 13.6 Å². The van der Waals surface area contributed by atoms with Crippen molar-refractivity contribution in [3.63, 3.8) is 0 Å². The third-order valence-electron chi connectivity index (χ3n) is 2.97. The van der Waals surface area contributed by atoms with Gasteiger partial charge in [0.25, 0.3) is 0 Å². The van der Waals surface area contributed by atoms with Crippen LogP contribution < -0.4 is 0 Å². The molecule has 1 heterocycles. The first-order valence-corrected chi connectivity index (χ1v) is 6.19. The molecule has 0 amide bonds. The van der Waals surface area contributed by atoms with E-state index in [9.17, 15) is 4.79 Å². The number of aliphatic carboxylic acids is 1. The Labute approximate surface area is 124 Å². The molecule has 0 radical (unpaired) electrons. The Kier molecular flexibility index (Phi) is 5.85. The molecule has 5 nitrogen and oxygen atoms in total. The van der Waals surface area contributed by atoms with Gasteiger partial charge in [0, 0.05) is 13.1 Å². The van der Waals surface area contributed by atoms with Crippen molar-refractivity contribution in [1.82, 2.24) is 14.9 Å². The maximum atomic E-state index is 10.5. The fraction of sp³-hybridized carbons (Fsp3) is 0.357. The van der Waals surface area contributed by atoms with Gasteiger partial charge >= 0.3 is 5.97 Å². The molecule has 0 aliphatic heterocycles. The van der Waals surface area contributed by atoms with Gasteiger partial charge in [-0.15, -0.1) is 12.4 Å². The zero-order chi connectivity index (χ0) is 13.8. The van der Waals surface area contributed by atoms with E-state index in [2.05, 4.69) is 9.97 Å². The first-order valence-electron chi connectivity index (χ1n) is 6.19. The number of nitrogens with zero attached hydrogens (tertiary/aromatic N) is 3. The Balaban J connectivity index is 0.00000200. The molecule has 6 heteroatoms. The molecule has 0 spiro atoms. The topological polar surface area (TPSA) is 66.3 Å². The van der Waals surface area contributed by atoms with Gasteiger partial charge in [-0.3, -0.25) is 9.69 Å². The average molecular weight is 296 g/mol. The molecule has 0 saturated carbocycles. The molecule has 0 fully saturated rings. The third kappa shape index (κ3) is 4.15. The zero-order valence-corrected chi connectivity index (χ0v) is 12.4. The van der Waals surface area contributed by atoms with Gasteiger partial charge in [0.05, 0.1) is 28.8 Å². The quantitative estimate of drug-likeness (QED) is 0.916. The van der Waals surface area contributed by atoms with Crippen molar-refractivity contribution in [1.29, 1.82) is 0 Å². The molecule has 108 valence electrons. The number of carbonyl (C=O) groups is 1. The van der Waals surface area contributed by atoms with Crippen LogP contribution in [0.5, 0.6) is 0 Å². The molecule has 0 aliphatic carbocycles. The molecule has 0 atom stereocenters. The second kappa shape index (κ2) is 7.17. The van der Waals surface area contributed by atoms with E-state index in [4.69, 9.17) is 5.11 Å². The monoisotopic (exact) mass is 295 g/mol. The van der Waals surface area contributed by atoms with Crippen LogP contribution in [-0.2, 0) is 11.3 Å². The molecule has 1 aromatic heterocycles. The smallest absolute Gasteiger partial charge is 0.304 e. The summed E-state index contributed by atoms with van der Waals surface area (Å²) in [6.07, 6.45) is 0.135. The van der Waals surface area contributed by atoms with Crippen LogP contribution in [0.15, 0.2) is 24.3 Å². The van der Waals surface area contributed by atoms with Crippen LogP contribution in [0, 0.1) is 6.92 Å². The molecule has 20 heavy (non-hydrogen) atoms. The maximum Gasteiger partial charge on any atom is 0.304 e. The highest BCUT2D eigenvalue weighted by molar-refractivity contribution is 5.85. The van der Waals surface area contributed by atoms with E-state index in [1.807, 2.05) is 43.1 Å². The van der Waals surface area contributed by atoms with Crippen LogP contribution in [0.3, 0.4) is 0 Å². The van der Waals surface area contributed by atoms with E-state index in [0.717, 1.165) is 22.4 Å². The molecule has 0 bridgehead atoms. The van der Waals surface area contributed by atoms with Crippen LogP contribution in [0.2, 0.25) is 0 Å². The fourth-order valence-electron chi connectivity index (χ4n) is 1.90. The zero-order valence-electron chi connectivity index (χ0n) is 11.5. The van der Waals surface area contributed by atoms with Crippen LogP contribution in [-0.4, -0.2) is 39.5 Å². The molecular formula is C14H18ClN3O2. The summed E-state index contributed by atoms with van der Waals surface area (Å²) in [6.45, 7) is 3.04. The fourth-order valence-corrected chi connectivity index (χ4v) is 1.90. The Bertz CT molecular complexity index is 604. The third-order valence-corrected chi connectivity index (χ3v) is 2.97. The number of fused-ring (bicyclic) bond motifs is 1. The average Bonchev–Trinajstić information content (AvgIpc) is 2.37. The van der Waals surface area contributed by atoms with Crippen LogP contribution in [0.25, 0.3) is 11.0 Å². The summed E-state index contributed by atoms with van der Waals surface area (Å²) in [5, 5.41) is 8.67. The number of halogens is 1. The van der Waals surface area contributed by atoms with Crippen molar-refractivity contribution in [3.05, 3.63) is 35.7 Å². The molecule has 0 saturated heterocycles. The molecule has 0 aliphatic rings. The van der Waals surface area contributed by atoms with Crippen molar-refractivity contribution in [2.24, 2.45) is 0 Å². The van der Waals surface area contributed by atoms with Gasteiger partial charge in [-0.05, 0) is 26.1 Å². The Morgan fingerprint density at radius 1 is 1.25 bits per heavy atom. The van der Waals surface area contributed by atoms with E-state index in [1.165, 1.54) is 0 Å². The van der Waals surface area contributed by atoms with Gasteiger partial charge in [-0.2, -0.15) is 0 Å². The number of hydrogen-bond acceptors (Lipinski definition) is 4. The summed E-state index contributed by atoms with van der Waals surface area (Å²) in [7, 11) is 1.89. The summed E-state index contributed by atoms with van der Waals surface area (Å²) in [5.74, 6) is -0.784. The standard InChI is InChI=1S/C14H17N3O2.ClH/c1-10-13(9-17(2)8-7-14(18)19)16-12-6-4-3-5-11(12)15-10;/h3-6H,7-9H2,1-2H3,(H,18,19);1H. The molecule has 2 aromatic rings. The highest BCUT2D eigenvalue weighted by Gasteiger charge is 2.09. The van der Waals surface area contributed by atoms with Crippen molar-refractivity contribution in [2.45, 2.75) is 19.9 Å². The van der Waals surface area contributed by atoms with E-state index in [1.54, 1.807) is 0 Å². The molecule has 1 N–H and O–H groups in total. The lowest BCUT2D eigenvalue weighted by Gasteiger charge is -2.16. The molecule has 1 aromatic carbocycles. The first kappa shape index (κ1) is 16.3. The highest BCUT2D eigenvalue weighted by Crippen LogP contribution is 2.13. The molecule has 0 unspecified atom stereocenters. The Morgan fingerprint density at radius 2 is 1.85 bits per heavy atom. The predicted octanol–water partition coefficient (Wildman–Crippen LogP) is 2.27. The lowest BCUT2D eigenvalue weighted by molar-refractivity contribution is -0.137. The highest BCUT2D eigenvalue weighted by atomic mass is 35.5. The van der Waals surface area contributed by atoms with Crippen molar-refractivity contribution >= 4 is 29.4 Å². The van der Waals surface area contributed by atoms with Gasteiger partial charge in [0.1, 0.15) is 0 Å². The number of benzene rings is 1. The van der Waals surface area contributed by atoms with E-state index in [-0.39, 0.29) is 18.8 Å². The molecular weight excluding hydrogens is 278 g/mol. The summed E-state index contributed by atoms with van der Waals surface area (Å²) in [5.41, 5.74) is 3.54. The van der Waals surface area contributed by atoms with Crippen molar-refractivity contribution < 1.29 is 9.90 Å². The minimum Gasteiger partial charge on any atom is -0.481 e. The Morgan fingerprint density at radius 3 is 2.45 bits per heavy atom. The summed E-state index contributed by atoms with van der Waals surface area (Å²) < 4.78 is 0. The molecule has 2 rings (SSSR count). The first-order chi connectivity index (χ1) is 9.06. The lowest BCUT2D eigenvalue weighted by Crippen LogP contribution is -2.22. The SMILES string of the molecule is Cc1nc2ccccc2nc1CN(C)CCC(=O)O.Cl. The van der Waals surface area contributed by atoms with Gasteiger partial charge in [-0.25, -0.2) is 9.97 Å². The minimum atomic E-state index is -0.784. The van der Waals surface area contributed by atoms with Gasteiger partial charge in [-0.1, -0.05) is 12.1 Å². The van der Waals surface area contributed by atoms with E-state index >= 15 is 0 Å². The lowest BCUT2D eigenvalue weighted by atomic mass is 10.2. The van der Waals surface area contributed by atoms with Gasteiger partial charge in [0.2, 0.25) is 0 Å². The van der Waals surface area contributed by atoms with Crippen LogP contribution >= 0.6 is 12.4 Å². The van der Waals surface area contributed by atoms with E-state index < -0.39 is 5.97 Å². The number of aromatic nitrogens is 2. The van der Waals surface area contributed by atoms with E-state index in [0.29, 0.717) is 13.1 Å².